The third kappa shape index (κ3) is 5.42. The second-order valence-corrected chi connectivity index (χ2v) is 12.4. The number of alkyl halides is 3. The molecule has 4 aliphatic heterocycles. The van der Waals surface area contributed by atoms with E-state index in [1.54, 1.807) is 11.8 Å². The van der Waals surface area contributed by atoms with E-state index in [2.05, 4.69) is 20.7 Å². The van der Waals surface area contributed by atoms with Gasteiger partial charge in [-0.1, -0.05) is 6.92 Å². The van der Waals surface area contributed by atoms with Crippen LogP contribution >= 0.6 is 11.8 Å². The number of anilines is 1. The Bertz CT molecular complexity index is 1340. The van der Waals surface area contributed by atoms with Crippen LogP contribution in [0.2, 0.25) is 0 Å². The van der Waals surface area contributed by atoms with Crippen molar-refractivity contribution in [3.63, 3.8) is 0 Å². The normalized spacial score (nSPS) is 30.0. The highest BCUT2D eigenvalue weighted by Gasteiger charge is 2.60. The van der Waals surface area contributed by atoms with Crippen LogP contribution < -0.4 is 22.1 Å². The van der Waals surface area contributed by atoms with Gasteiger partial charge in [-0.3, -0.25) is 14.4 Å². The molecule has 5 rings (SSSR count). The maximum Gasteiger partial charge on any atom is 0.453 e. The van der Waals surface area contributed by atoms with E-state index < -0.39 is 66.3 Å². The number of hydrogen-bond acceptors (Lipinski definition) is 10. The van der Waals surface area contributed by atoms with E-state index in [0.29, 0.717) is 35.6 Å². The molecule has 0 aliphatic carbocycles. The summed E-state index contributed by atoms with van der Waals surface area (Å²) in [5.41, 5.74) is 11.3. The Kier molecular flexibility index (Phi) is 7.90. The second kappa shape index (κ2) is 11.0. The van der Waals surface area contributed by atoms with E-state index in [1.807, 2.05) is 6.92 Å². The molecule has 18 heteroatoms. The minimum absolute atomic E-state index is 0.0242. The van der Waals surface area contributed by atoms with Crippen molar-refractivity contribution in [3.8, 4) is 0 Å². The van der Waals surface area contributed by atoms with Crippen LogP contribution in [0.1, 0.15) is 32.5 Å². The van der Waals surface area contributed by atoms with E-state index in [9.17, 15) is 37.5 Å². The lowest BCUT2D eigenvalue weighted by molar-refractivity contribution is -0.158. The smallest absolute Gasteiger partial charge is 0.453 e. The first-order valence-corrected chi connectivity index (χ1v) is 14.4. The number of amides is 3. The molecule has 0 saturated carbocycles. The fourth-order valence-electron chi connectivity index (χ4n) is 6.18. The molecule has 7 N–H and O–H groups in total. The molecule has 5 heterocycles. The van der Waals surface area contributed by atoms with Crippen molar-refractivity contribution in [2.75, 3.05) is 25.4 Å². The van der Waals surface area contributed by atoms with Gasteiger partial charge < -0.3 is 37.0 Å². The first-order chi connectivity index (χ1) is 19.7. The Morgan fingerprint density at radius 3 is 2.62 bits per heavy atom. The van der Waals surface area contributed by atoms with Gasteiger partial charge >= 0.3 is 12.1 Å². The van der Waals surface area contributed by atoms with Gasteiger partial charge in [-0.2, -0.15) is 18.2 Å². The summed E-state index contributed by atoms with van der Waals surface area (Å²) in [4.78, 5) is 57.6. The zero-order valence-electron chi connectivity index (χ0n) is 22.8. The van der Waals surface area contributed by atoms with Crippen molar-refractivity contribution in [3.05, 3.63) is 16.4 Å². The van der Waals surface area contributed by atoms with Gasteiger partial charge in [-0.05, 0) is 19.8 Å². The molecular formula is C24H32F3N9O5S. The largest absolute Gasteiger partial charge is 0.477 e. The van der Waals surface area contributed by atoms with E-state index in [-0.39, 0.29) is 28.8 Å². The standard InChI is InChI=1S/C24H32F3N9O5S/c1-9-16-15(10(2)31-14(37)8-35-23(29)32-22(33-35)24(25,26)27)20(39)36(16)17(21(40)41)18(9)42-12-5-13(30-6-12)19(38)34-4-3-11(28)7-34/h9-13,15-16,30H,3-8,28H2,1-2H3,(H,31,37)(H,40,41)(H2,29,32,33)/t9-,10-,11-,12+,13+,15-,16-/m1/s1. The number of likely N-dealkylation sites (tertiary alicyclic amines) is 1. The Hall–Kier alpha value is -3.38. The van der Waals surface area contributed by atoms with E-state index in [0.717, 1.165) is 6.42 Å². The number of β-lactam (4-membered cyclic amide) rings is 1. The van der Waals surface area contributed by atoms with E-state index >= 15 is 0 Å². The van der Waals surface area contributed by atoms with Crippen LogP contribution in [-0.2, 0) is 31.9 Å². The summed E-state index contributed by atoms with van der Waals surface area (Å²) in [5, 5.41) is 19.0. The Labute approximate surface area is 242 Å². The lowest BCUT2D eigenvalue weighted by atomic mass is 9.78. The maximum atomic E-state index is 13.2. The number of nitrogens with two attached hydrogens (primary N) is 2. The summed E-state index contributed by atoms with van der Waals surface area (Å²) in [5.74, 6) is -5.68. The molecule has 3 saturated heterocycles. The van der Waals surface area contributed by atoms with Crippen molar-refractivity contribution in [2.24, 2.45) is 17.6 Å². The minimum Gasteiger partial charge on any atom is -0.477 e. The Morgan fingerprint density at radius 1 is 1.31 bits per heavy atom. The number of rotatable bonds is 8. The summed E-state index contributed by atoms with van der Waals surface area (Å²) in [6.07, 6.45) is -3.59. The van der Waals surface area contributed by atoms with Crippen molar-refractivity contribution >= 4 is 41.4 Å². The number of carboxylic acid groups (broad SMARTS) is 1. The van der Waals surface area contributed by atoms with Gasteiger partial charge in [0, 0.05) is 47.8 Å². The molecule has 0 radical (unpaired) electrons. The number of carbonyl (C=O) groups is 4. The highest BCUT2D eigenvalue weighted by Crippen LogP contribution is 2.52. The maximum absolute atomic E-state index is 13.2. The van der Waals surface area contributed by atoms with Gasteiger partial charge in [0.15, 0.2) is 0 Å². The molecule has 0 aromatic carbocycles. The highest BCUT2D eigenvalue weighted by molar-refractivity contribution is 8.03. The lowest BCUT2D eigenvalue weighted by Gasteiger charge is -2.47. The number of halogens is 3. The third-order valence-electron chi connectivity index (χ3n) is 8.18. The highest BCUT2D eigenvalue weighted by atomic mass is 32.2. The fraction of sp³-hybridized carbons (Fsp3) is 0.667. The molecule has 4 aliphatic rings. The van der Waals surface area contributed by atoms with Gasteiger partial charge in [-0.25, -0.2) is 9.48 Å². The third-order valence-corrected chi connectivity index (χ3v) is 9.70. The van der Waals surface area contributed by atoms with Crippen molar-refractivity contribution in [1.82, 2.24) is 35.2 Å². The molecule has 1 aromatic heterocycles. The molecule has 7 atom stereocenters. The summed E-state index contributed by atoms with van der Waals surface area (Å²) >= 11 is 1.34. The van der Waals surface area contributed by atoms with Gasteiger partial charge in [0.2, 0.25) is 23.7 Å². The number of fused-ring (bicyclic) bond motifs is 1. The Morgan fingerprint density at radius 2 is 2.02 bits per heavy atom. The number of carboxylic acids is 1. The van der Waals surface area contributed by atoms with Crippen molar-refractivity contribution in [1.29, 1.82) is 0 Å². The van der Waals surface area contributed by atoms with Crippen LogP contribution in [-0.4, -0.2) is 102 Å². The van der Waals surface area contributed by atoms with Gasteiger partial charge in [0.05, 0.1) is 18.0 Å². The molecule has 3 fully saturated rings. The number of carbonyl (C=O) groups excluding carboxylic acids is 3. The van der Waals surface area contributed by atoms with Gasteiger partial charge in [0.25, 0.3) is 5.82 Å². The van der Waals surface area contributed by atoms with Gasteiger partial charge in [0.1, 0.15) is 12.2 Å². The molecule has 230 valence electrons. The number of aliphatic carboxylic acids is 1. The number of thioether (sulfide) groups is 1. The SMILES string of the molecule is C[C@@H](NC(=O)Cn1nc(C(F)(F)F)nc1N)[C@H]1C(=O)N2C(C(=O)O)=C(S[C@@H]3CN[C@H](C(=O)N4CC[C@@H](N)C4)C3)[C@H](C)[C@H]12. The molecule has 0 spiro atoms. The topological polar surface area (TPSA) is 202 Å². The van der Waals surface area contributed by atoms with Crippen LogP contribution in [0.4, 0.5) is 19.1 Å². The predicted octanol–water partition coefficient (Wildman–Crippen LogP) is -0.820. The summed E-state index contributed by atoms with van der Waals surface area (Å²) in [6, 6.07) is -1.73. The van der Waals surface area contributed by atoms with Crippen LogP contribution in [0.5, 0.6) is 0 Å². The molecular weight excluding hydrogens is 583 g/mol. The minimum atomic E-state index is -4.83. The zero-order chi connectivity index (χ0) is 30.7. The van der Waals surface area contributed by atoms with E-state index in [1.165, 1.54) is 16.7 Å². The summed E-state index contributed by atoms with van der Waals surface area (Å²) in [7, 11) is 0. The van der Waals surface area contributed by atoms with Gasteiger partial charge in [-0.15, -0.1) is 16.9 Å². The predicted molar refractivity (Wildman–Crippen MR) is 142 cm³/mol. The quantitative estimate of drug-likeness (QED) is 0.229. The number of nitrogens with zero attached hydrogens (tertiary/aromatic N) is 5. The molecule has 42 heavy (non-hydrogen) atoms. The average molecular weight is 616 g/mol. The molecule has 0 unspecified atom stereocenters. The van der Waals surface area contributed by atoms with Crippen molar-refractivity contribution < 1.29 is 37.5 Å². The van der Waals surface area contributed by atoms with Crippen LogP contribution in [0.3, 0.4) is 0 Å². The Balaban J connectivity index is 1.22. The number of nitrogen functional groups attached to an aromatic ring is 1. The monoisotopic (exact) mass is 615 g/mol. The van der Waals surface area contributed by atoms with Crippen molar-refractivity contribution in [2.45, 2.75) is 68.8 Å². The molecule has 14 nitrogen and oxygen atoms in total. The first kappa shape index (κ1) is 30.1. The summed E-state index contributed by atoms with van der Waals surface area (Å²) in [6.45, 7) is 4.34. The number of aromatic nitrogens is 3. The fourth-order valence-corrected chi connectivity index (χ4v) is 7.66. The lowest BCUT2D eigenvalue weighted by Crippen LogP contribution is -2.66. The summed E-state index contributed by atoms with van der Waals surface area (Å²) < 4.78 is 39.2. The number of hydrogen-bond donors (Lipinski definition) is 5. The van der Waals surface area contributed by atoms with Crippen LogP contribution in [0.15, 0.2) is 10.6 Å². The zero-order valence-corrected chi connectivity index (χ0v) is 23.6. The molecule has 0 bridgehead atoms. The second-order valence-electron chi connectivity index (χ2n) is 11.1. The number of nitrogens with one attached hydrogen (secondary N) is 2. The van der Waals surface area contributed by atoms with Crippen LogP contribution in [0, 0.1) is 11.8 Å². The molecule has 1 aromatic rings. The molecule has 3 amide bonds. The van der Waals surface area contributed by atoms with E-state index in [4.69, 9.17) is 11.5 Å². The van der Waals surface area contributed by atoms with Crippen LogP contribution in [0.25, 0.3) is 0 Å². The average Bonchev–Trinajstić information content (AvgIpc) is 3.66. The first-order valence-electron chi connectivity index (χ1n) is 13.5.